The van der Waals surface area contributed by atoms with Gasteiger partial charge in [0.05, 0.1) is 7.11 Å². The normalized spacial score (nSPS) is 21.5. The number of nitrogens with zero attached hydrogens (tertiary/aromatic N) is 2. The number of piperidine rings is 1. The molecule has 4 rings (SSSR count). The van der Waals surface area contributed by atoms with Gasteiger partial charge in [0.15, 0.2) is 5.78 Å². The molecule has 3 heterocycles. The van der Waals surface area contributed by atoms with Crippen LogP contribution in [0.1, 0.15) is 28.4 Å². The zero-order valence-electron chi connectivity index (χ0n) is 14.8. The van der Waals surface area contributed by atoms with Gasteiger partial charge in [-0.3, -0.25) is 9.59 Å². The van der Waals surface area contributed by atoms with Crippen molar-refractivity contribution >= 4 is 5.78 Å². The molecule has 5 nitrogen and oxygen atoms in total. The minimum Gasteiger partial charge on any atom is -0.497 e. The Morgan fingerprint density at radius 3 is 2.69 bits per heavy atom. The first-order valence-corrected chi connectivity index (χ1v) is 8.94. The van der Waals surface area contributed by atoms with E-state index < -0.39 is 0 Å². The first-order chi connectivity index (χ1) is 12.6. The number of rotatable bonds is 4. The van der Waals surface area contributed by atoms with E-state index in [1.807, 2.05) is 16.8 Å². The second-order valence-electron chi connectivity index (χ2n) is 7.06. The van der Waals surface area contributed by atoms with Gasteiger partial charge < -0.3 is 14.2 Å². The van der Waals surface area contributed by atoms with Crippen LogP contribution in [0.3, 0.4) is 0 Å². The Bertz CT molecular complexity index is 898. The molecule has 134 valence electrons. The van der Waals surface area contributed by atoms with E-state index in [9.17, 15) is 9.59 Å². The Kier molecular flexibility index (Phi) is 4.37. The summed E-state index contributed by atoms with van der Waals surface area (Å²) in [6.45, 7) is 2.48. The second-order valence-corrected chi connectivity index (χ2v) is 7.06. The predicted molar refractivity (Wildman–Crippen MR) is 99.6 cm³/mol. The molecule has 1 aromatic heterocycles. The third kappa shape index (κ3) is 3.17. The minimum absolute atomic E-state index is 0.0139. The number of carbonyl (C=O) groups excluding carboxylic acids is 1. The smallest absolute Gasteiger partial charge is 0.250 e. The molecule has 1 fully saturated rings. The van der Waals surface area contributed by atoms with E-state index in [4.69, 9.17) is 4.74 Å². The number of likely N-dealkylation sites (tertiary alicyclic amines) is 1. The highest BCUT2D eigenvalue weighted by Gasteiger charge is 2.33. The lowest BCUT2D eigenvalue weighted by molar-refractivity contribution is 0.104. The number of benzene rings is 1. The highest BCUT2D eigenvalue weighted by molar-refractivity contribution is 6.04. The van der Waals surface area contributed by atoms with Gasteiger partial charge in [0, 0.05) is 55.2 Å². The summed E-state index contributed by atoms with van der Waals surface area (Å²) < 4.78 is 7.04. The van der Waals surface area contributed by atoms with Crippen molar-refractivity contribution in [3.05, 3.63) is 76.4 Å². The van der Waals surface area contributed by atoms with Gasteiger partial charge in [-0.05, 0) is 42.7 Å². The van der Waals surface area contributed by atoms with Crippen LogP contribution in [0.5, 0.6) is 5.75 Å². The van der Waals surface area contributed by atoms with Crippen LogP contribution >= 0.6 is 0 Å². The molecule has 0 radical (unpaired) electrons. The molecule has 1 aromatic carbocycles. The average molecular weight is 350 g/mol. The third-order valence-corrected chi connectivity index (χ3v) is 5.32. The first kappa shape index (κ1) is 16.6. The van der Waals surface area contributed by atoms with Crippen LogP contribution in [0.25, 0.3) is 0 Å². The van der Waals surface area contributed by atoms with Crippen LogP contribution in [0.15, 0.2) is 59.5 Å². The Morgan fingerprint density at radius 2 is 1.92 bits per heavy atom. The lowest BCUT2D eigenvalue weighted by Crippen LogP contribution is -2.45. The number of pyridine rings is 1. The largest absolute Gasteiger partial charge is 0.497 e. The van der Waals surface area contributed by atoms with Crippen LogP contribution in [-0.2, 0) is 6.54 Å². The van der Waals surface area contributed by atoms with Crippen molar-refractivity contribution < 1.29 is 9.53 Å². The van der Waals surface area contributed by atoms with Gasteiger partial charge in [0.25, 0.3) is 5.56 Å². The number of hydrogen-bond acceptors (Lipinski definition) is 4. The quantitative estimate of drug-likeness (QED) is 0.628. The Morgan fingerprint density at radius 1 is 1.12 bits per heavy atom. The van der Waals surface area contributed by atoms with Crippen molar-refractivity contribution in [2.24, 2.45) is 5.92 Å². The molecular formula is C21H22N2O3. The van der Waals surface area contributed by atoms with E-state index in [0.29, 0.717) is 17.4 Å². The highest BCUT2D eigenvalue weighted by atomic mass is 16.5. The molecule has 2 aliphatic rings. The van der Waals surface area contributed by atoms with Crippen LogP contribution in [0.4, 0.5) is 0 Å². The standard InChI is InChI=1S/C21H22N2O3/c1-26-18-7-5-16(6-8-18)20(24)9-10-22-12-15-11-17(14-22)19-3-2-4-21(25)23(19)13-15/h2-10,15,17H,11-14H2,1H3/b10-9+/t15-,17?/m1/s1. The van der Waals surface area contributed by atoms with E-state index in [1.165, 1.54) is 0 Å². The molecule has 0 saturated carbocycles. The molecular weight excluding hydrogens is 328 g/mol. The van der Waals surface area contributed by atoms with Crippen molar-refractivity contribution in [2.75, 3.05) is 20.2 Å². The van der Waals surface area contributed by atoms with Gasteiger partial charge >= 0.3 is 0 Å². The molecule has 26 heavy (non-hydrogen) atoms. The second kappa shape index (κ2) is 6.83. The monoisotopic (exact) mass is 350 g/mol. The van der Waals surface area contributed by atoms with Crippen LogP contribution in [0, 0.1) is 5.92 Å². The van der Waals surface area contributed by atoms with Crippen molar-refractivity contribution in [2.45, 2.75) is 18.9 Å². The number of methoxy groups -OCH3 is 1. The van der Waals surface area contributed by atoms with Gasteiger partial charge in [0.1, 0.15) is 5.75 Å². The Balaban J connectivity index is 1.47. The summed E-state index contributed by atoms with van der Waals surface area (Å²) in [6.07, 6.45) is 4.66. The fourth-order valence-corrected chi connectivity index (χ4v) is 4.08. The average Bonchev–Trinajstić information content (AvgIpc) is 2.67. The molecule has 2 bridgehead atoms. The van der Waals surface area contributed by atoms with Crippen molar-refractivity contribution in [3.63, 3.8) is 0 Å². The lowest BCUT2D eigenvalue weighted by Gasteiger charge is -2.42. The number of aromatic nitrogens is 1. The van der Waals surface area contributed by atoms with Crippen LogP contribution in [0.2, 0.25) is 0 Å². The zero-order chi connectivity index (χ0) is 18.1. The third-order valence-electron chi connectivity index (χ3n) is 5.32. The van der Waals surface area contributed by atoms with Gasteiger partial charge in [-0.1, -0.05) is 6.07 Å². The summed E-state index contributed by atoms with van der Waals surface area (Å²) in [7, 11) is 1.61. The van der Waals surface area contributed by atoms with E-state index >= 15 is 0 Å². The topological polar surface area (TPSA) is 51.5 Å². The first-order valence-electron chi connectivity index (χ1n) is 8.94. The van der Waals surface area contributed by atoms with Crippen LogP contribution in [-0.4, -0.2) is 35.4 Å². The Labute approximate surface area is 152 Å². The van der Waals surface area contributed by atoms with E-state index in [2.05, 4.69) is 11.0 Å². The van der Waals surface area contributed by atoms with Crippen molar-refractivity contribution in [1.29, 1.82) is 0 Å². The maximum atomic E-state index is 12.4. The summed E-state index contributed by atoms with van der Waals surface area (Å²) in [6, 6.07) is 12.7. The number of ketones is 1. The number of carbonyl (C=O) groups is 1. The predicted octanol–water partition coefficient (Wildman–Crippen LogP) is 2.67. The number of hydrogen-bond donors (Lipinski definition) is 0. The Hall–Kier alpha value is -2.82. The summed E-state index contributed by atoms with van der Waals surface area (Å²) in [5.74, 6) is 1.52. The lowest BCUT2D eigenvalue weighted by atomic mass is 9.83. The van der Waals surface area contributed by atoms with Crippen LogP contribution < -0.4 is 10.3 Å². The number of fused-ring (bicyclic) bond motifs is 4. The fourth-order valence-electron chi connectivity index (χ4n) is 4.08. The van der Waals surface area contributed by atoms with Gasteiger partial charge in [-0.25, -0.2) is 0 Å². The summed E-state index contributed by atoms with van der Waals surface area (Å²) in [5, 5.41) is 0. The maximum absolute atomic E-state index is 12.4. The molecule has 0 spiro atoms. The van der Waals surface area contributed by atoms with E-state index in [1.54, 1.807) is 43.5 Å². The number of allylic oxidation sites excluding steroid dienone is 1. The minimum atomic E-state index is -0.0139. The van der Waals surface area contributed by atoms with Gasteiger partial charge in [0.2, 0.25) is 0 Å². The molecule has 0 N–H and O–H groups in total. The SMILES string of the molecule is COc1ccc(C(=O)/C=C/N2CC3C[C@H](C2)Cn2c3cccc2=O)cc1. The highest BCUT2D eigenvalue weighted by Crippen LogP contribution is 2.34. The molecule has 1 saturated heterocycles. The molecule has 5 heteroatoms. The molecule has 2 atom stereocenters. The van der Waals surface area contributed by atoms with Crippen molar-refractivity contribution in [3.8, 4) is 5.75 Å². The molecule has 1 unspecified atom stereocenters. The molecule has 2 aliphatic heterocycles. The van der Waals surface area contributed by atoms with E-state index in [0.717, 1.165) is 37.5 Å². The van der Waals surface area contributed by atoms with Gasteiger partial charge in [-0.2, -0.15) is 0 Å². The zero-order valence-corrected chi connectivity index (χ0v) is 14.8. The maximum Gasteiger partial charge on any atom is 0.250 e. The fraction of sp³-hybridized carbons (Fsp3) is 0.333. The molecule has 0 amide bonds. The summed E-state index contributed by atoms with van der Waals surface area (Å²) in [4.78, 5) is 26.7. The van der Waals surface area contributed by atoms with Crippen molar-refractivity contribution in [1.82, 2.24) is 9.47 Å². The number of ether oxygens (including phenoxy) is 1. The molecule has 0 aliphatic carbocycles. The van der Waals surface area contributed by atoms with Gasteiger partial charge in [-0.15, -0.1) is 0 Å². The summed E-state index contributed by atoms with van der Waals surface area (Å²) in [5.41, 5.74) is 1.86. The van der Waals surface area contributed by atoms with E-state index in [-0.39, 0.29) is 11.3 Å². The summed E-state index contributed by atoms with van der Waals surface area (Å²) >= 11 is 0. The molecule has 2 aromatic rings.